The molecule has 0 heterocycles. The average molecular weight is 249 g/mol. The van der Waals surface area contributed by atoms with Crippen LogP contribution in [0.5, 0.6) is 0 Å². The lowest BCUT2D eigenvalue weighted by Crippen LogP contribution is -2.25. The summed E-state index contributed by atoms with van der Waals surface area (Å²) in [4.78, 5) is 1.33. The van der Waals surface area contributed by atoms with Gasteiger partial charge in [0.2, 0.25) is 0 Å². The first-order chi connectivity index (χ1) is 7.99. The summed E-state index contributed by atoms with van der Waals surface area (Å²) in [5.74, 6) is 0.988. The van der Waals surface area contributed by atoms with E-state index in [4.69, 9.17) is 0 Å². The van der Waals surface area contributed by atoms with E-state index in [1.54, 1.807) is 0 Å². The third-order valence-electron chi connectivity index (χ3n) is 2.68. The van der Waals surface area contributed by atoms with Crippen molar-refractivity contribution in [1.29, 1.82) is 0 Å². The fourth-order valence-electron chi connectivity index (χ4n) is 1.39. The molecule has 0 aromatic heterocycles. The topological polar surface area (TPSA) is 12.0 Å². The second kappa shape index (κ2) is 6.87. The highest BCUT2D eigenvalue weighted by molar-refractivity contribution is 7.99. The number of thioether (sulfide) groups is 1. The van der Waals surface area contributed by atoms with E-state index in [1.807, 2.05) is 11.8 Å². The lowest BCUT2D eigenvalue weighted by molar-refractivity contribution is 0.623. The molecule has 17 heavy (non-hydrogen) atoms. The molecule has 1 nitrogen and oxygen atoms in total. The molecule has 0 saturated carbocycles. The molecule has 0 aliphatic carbocycles. The molecular weight excluding hydrogens is 226 g/mol. The Bertz CT molecular complexity index is 383. The molecule has 0 radical (unpaired) electrons. The third-order valence-corrected chi connectivity index (χ3v) is 3.82. The van der Waals surface area contributed by atoms with Gasteiger partial charge in [-0.25, -0.2) is 0 Å². The Morgan fingerprint density at radius 2 is 2.00 bits per heavy atom. The Morgan fingerprint density at radius 1 is 1.29 bits per heavy atom. The largest absolute Gasteiger partial charge is 0.311 e. The fraction of sp³-hybridized carbons (Fsp3) is 0.467. The predicted octanol–water partition coefficient (Wildman–Crippen LogP) is 3.95. The Kier molecular flexibility index (Phi) is 5.79. The molecule has 0 bridgehead atoms. The maximum atomic E-state index is 4.10. The third kappa shape index (κ3) is 5.42. The molecule has 0 spiro atoms. The molecule has 0 aliphatic heterocycles. The molecule has 0 amide bonds. The van der Waals surface area contributed by atoms with E-state index in [0.29, 0.717) is 6.04 Å². The SMILES string of the molecule is C=C(CNC(C)C)CSc1ccc(C)c(C)c1. The molecule has 0 atom stereocenters. The van der Waals surface area contributed by atoms with E-state index < -0.39 is 0 Å². The number of rotatable bonds is 6. The zero-order valence-corrected chi connectivity index (χ0v) is 12.2. The Balaban J connectivity index is 2.39. The molecule has 1 aromatic rings. The van der Waals surface area contributed by atoms with E-state index in [-0.39, 0.29) is 0 Å². The molecule has 2 heteroatoms. The minimum atomic E-state index is 0.526. The number of hydrogen-bond donors (Lipinski definition) is 1. The first kappa shape index (κ1) is 14.3. The van der Waals surface area contributed by atoms with Gasteiger partial charge in [0.05, 0.1) is 0 Å². The van der Waals surface area contributed by atoms with Crippen LogP contribution in [0.1, 0.15) is 25.0 Å². The highest BCUT2D eigenvalue weighted by Crippen LogP contribution is 2.22. The number of hydrogen-bond acceptors (Lipinski definition) is 2. The van der Waals surface area contributed by atoms with E-state index in [2.05, 4.69) is 57.8 Å². The van der Waals surface area contributed by atoms with Crippen LogP contribution in [0, 0.1) is 13.8 Å². The van der Waals surface area contributed by atoms with E-state index >= 15 is 0 Å². The highest BCUT2D eigenvalue weighted by Gasteiger charge is 2.00. The van der Waals surface area contributed by atoms with Gasteiger partial charge in [-0.15, -0.1) is 11.8 Å². The molecule has 0 fully saturated rings. The molecule has 0 saturated heterocycles. The molecule has 1 aromatic carbocycles. The summed E-state index contributed by atoms with van der Waals surface area (Å²) < 4.78 is 0. The smallest absolute Gasteiger partial charge is 0.0200 e. The normalized spacial score (nSPS) is 10.9. The first-order valence-electron chi connectivity index (χ1n) is 6.09. The van der Waals surface area contributed by atoms with Gasteiger partial charge in [-0.05, 0) is 37.1 Å². The average Bonchev–Trinajstić information content (AvgIpc) is 2.28. The quantitative estimate of drug-likeness (QED) is 0.605. The Labute approximate surface area is 110 Å². The van der Waals surface area contributed by atoms with Crippen LogP contribution >= 0.6 is 11.8 Å². The molecular formula is C15H23NS. The van der Waals surface area contributed by atoms with Crippen LogP contribution in [0.25, 0.3) is 0 Å². The van der Waals surface area contributed by atoms with Crippen molar-refractivity contribution in [2.24, 2.45) is 0 Å². The van der Waals surface area contributed by atoms with Crippen molar-refractivity contribution in [2.75, 3.05) is 12.3 Å². The van der Waals surface area contributed by atoms with Crippen LogP contribution in [-0.2, 0) is 0 Å². The summed E-state index contributed by atoms with van der Waals surface area (Å²) in [6, 6.07) is 7.16. The van der Waals surface area contributed by atoms with Crippen molar-refractivity contribution >= 4 is 11.8 Å². The fourth-order valence-corrected chi connectivity index (χ4v) is 2.29. The molecule has 0 aliphatic rings. The first-order valence-corrected chi connectivity index (χ1v) is 7.07. The summed E-state index contributed by atoms with van der Waals surface area (Å²) in [7, 11) is 0. The van der Waals surface area contributed by atoms with Crippen LogP contribution in [0.15, 0.2) is 35.2 Å². The van der Waals surface area contributed by atoms with Crippen LogP contribution < -0.4 is 5.32 Å². The van der Waals surface area contributed by atoms with E-state index in [1.165, 1.54) is 21.6 Å². The van der Waals surface area contributed by atoms with Gasteiger partial charge < -0.3 is 5.32 Å². The standard InChI is InChI=1S/C15H23NS/c1-11(2)16-9-12(3)10-17-15-7-6-13(4)14(5)8-15/h6-8,11,16H,3,9-10H2,1-2,4-5H3. The summed E-state index contributed by atoms with van der Waals surface area (Å²) in [5, 5.41) is 3.39. The van der Waals surface area contributed by atoms with Crippen LogP contribution in [0.4, 0.5) is 0 Å². The Hall–Kier alpha value is -0.730. The van der Waals surface area contributed by atoms with E-state index in [9.17, 15) is 0 Å². The number of aryl methyl sites for hydroxylation is 2. The van der Waals surface area contributed by atoms with Crippen LogP contribution in [0.2, 0.25) is 0 Å². The summed E-state index contributed by atoms with van der Waals surface area (Å²) in [6.07, 6.45) is 0. The molecule has 94 valence electrons. The summed E-state index contributed by atoms with van der Waals surface area (Å²) in [6.45, 7) is 13.6. The zero-order valence-electron chi connectivity index (χ0n) is 11.3. The van der Waals surface area contributed by atoms with Crippen molar-refractivity contribution in [3.05, 3.63) is 41.5 Å². The predicted molar refractivity (Wildman–Crippen MR) is 78.9 cm³/mol. The monoisotopic (exact) mass is 249 g/mol. The van der Waals surface area contributed by atoms with Gasteiger partial charge >= 0.3 is 0 Å². The zero-order chi connectivity index (χ0) is 12.8. The second-order valence-corrected chi connectivity index (χ2v) is 5.87. The van der Waals surface area contributed by atoms with Gasteiger partial charge in [-0.2, -0.15) is 0 Å². The van der Waals surface area contributed by atoms with E-state index in [0.717, 1.165) is 12.3 Å². The maximum Gasteiger partial charge on any atom is 0.0200 e. The van der Waals surface area contributed by atoms with Gasteiger partial charge in [0.15, 0.2) is 0 Å². The van der Waals surface area contributed by atoms with Gasteiger partial charge in [-0.3, -0.25) is 0 Å². The second-order valence-electron chi connectivity index (χ2n) is 4.82. The maximum absolute atomic E-state index is 4.10. The highest BCUT2D eigenvalue weighted by atomic mass is 32.2. The minimum Gasteiger partial charge on any atom is -0.311 e. The van der Waals surface area contributed by atoms with Gasteiger partial charge in [-0.1, -0.05) is 32.1 Å². The van der Waals surface area contributed by atoms with Crippen LogP contribution in [-0.4, -0.2) is 18.3 Å². The number of nitrogens with one attached hydrogen (secondary N) is 1. The van der Waals surface area contributed by atoms with Crippen molar-refractivity contribution in [1.82, 2.24) is 5.32 Å². The molecule has 0 unspecified atom stereocenters. The summed E-state index contributed by atoms with van der Waals surface area (Å²) in [5.41, 5.74) is 3.97. The van der Waals surface area contributed by atoms with Crippen molar-refractivity contribution < 1.29 is 0 Å². The molecule has 1 rings (SSSR count). The van der Waals surface area contributed by atoms with Gasteiger partial charge in [0.25, 0.3) is 0 Å². The van der Waals surface area contributed by atoms with Crippen molar-refractivity contribution in [3.8, 4) is 0 Å². The van der Waals surface area contributed by atoms with Gasteiger partial charge in [0, 0.05) is 23.2 Å². The lowest BCUT2D eigenvalue weighted by Gasteiger charge is -2.10. The molecule has 1 N–H and O–H groups in total. The summed E-state index contributed by atoms with van der Waals surface area (Å²) >= 11 is 1.86. The number of benzene rings is 1. The van der Waals surface area contributed by atoms with Gasteiger partial charge in [0.1, 0.15) is 0 Å². The lowest BCUT2D eigenvalue weighted by atomic mass is 10.1. The van der Waals surface area contributed by atoms with Crippen molar-refractivity contribution in [3.63, 3.8) is 0 Å². The van der Waals surface area contributed by atoms with Crippen LogP contribution in [0.3, 0.4) is 0 Å². The Morgan fingerprint density at radius 3 is 2.59 bits per heavy atom. The minimum absolute atomic E-state index is 0.526. The van der Waals surface area contributed by atoms with Crippen molar-refractivity contribution in [2.45, 2.75) is 38.6 Å².